The quantitative estimate of drug-likeness (QED) is 0.584. The second kappa shape index (κ2) is 6.81. The van der Waals surface area contributed by atoms with Crippen molar-refractivity contribution in [1.82, 2.24) is 4.72 Å². The van der Waals surface area contributed by atoms with Crippen molar-refractivity contribution in [2.45, 2.75) is 17.9 Å². The number of hydrogen-bond donors (Lipinski definition) is 2. The highest BCUT2D eigenvalue weighted by Crippen LogP contribution is 2.36. The van der Waals surface area contributed by atoms with Crippen LogP contribution in [0.1, 0.15) is 18.5 Å². The maximum Gasteiger partial charge on any atom is 0.293 e. The first-order chi connectivity index (χ1) is 12.3. The van der Waals surface area contributed by atoms with E-state index in [9.17, 15) is 18.5 Å². The highest BCUT2D eigenvalue weighted by Gasteiger charge is 2.22. The molecular formula is C16H17N3O6S. The first-order valence-electron chi connectivity index (χ1n) is 7.70. The molecule has 0 amide bonds. The standard InChI is InChI=1S/C16H17N3O6S/c1-10(11-3-6-15-16(7-11)25-9-24-15)18-13-5-4-12(26(22,23)17-2)8-14(13)19(20)21/h3-8,10,17-18H,9H2,1-2H3/t10-/m1/s1. The second-order valence-electron chi connectivity index (χ2n) is 5.62. The van der Waals surface area contributed by atoms with Crippen LogP contribution < -0.4 is 19.5 Å². The minimum Gasteiger partial charge on any atom is -0.454 e. The first kappa shape index (κ1) is 18.0. The average Bonchev–Trinajstić information content (AvgIpc) is 3.09. The third-order valence-corrected chi connectivity index (χ3v) is 5.43. The Morgan fingerprint density at radius 1 is 1.15 bits per heavy atom. The molecule has 1 aliphatic rings. The van der Waals surface area contributed by atoms with Gasteiger partial charge in [-0.15, -0.1) is 0 Å². The molecule has 9 nitrogen and oxygen atoms in total. The molecule has 2 aromatic rings. The SMILES string of the molecule is CNS(=O)(=O)c1ccc(N[C@H](C)c2ccc3c(c2)OCO3)c([N+](=O)[O-])c1. The van der Waals surface area contributed by atoms with Crippen LogP contribution in [0.5, 0.6) is 11.5 Å². The van der Waals surface area contributed by atoms with Gasteiger partial charge in [0.05, 0.1) is 9.82 Å². The van der Waals surface area contributed by atoms with E-state index < -0.39 is 14.9 Å². The number of rotatable bonds is 6. The maximum absolute atomic E-state index is 11.9. The molecule has 2 aromatic carbocycles. The van der Waals surface area contributed by atoms with Crippen LogP contribution in [-0.2, 0) is 10.0 Å². The second-order valence-corrected chi connectivity index (χ2v) is 7.51. The van der Waals surface area contributed by atoms with Gasteiger partial charge in [-0.25, -0.2) is 13.1 Å². The molecule has 0 aromatic heterocycles. The molecular weight excluding hydrogens is 362 g/mol. The molecule has 0 unspecified atom stereocenters. The molecule has 3 rings (SSSR count). The number of ether oxygens (including phenoxy) is 2. The fourth-order valence-corrected chi connectivity index (χ4v) is 3.32. The zero-order chi connectivity index (χ0) is 18.9. The Labute approximate surface area is 150 Å². The average molecular weight is 379 g/mol. The van der Waals surface area contributed by atoms with Gasteiger partial charge in [0.15, 0.2) is 11.5 Å². The number of nitro groups is 1. The van der Waals surface area contributed by atoms with Crippen LogP contribution in [0, 0.1) is 10.1 Å². The van der Waals surface area contributed by atoms with E-state index in [4.69, 9.17) is 9.47 Å². The lowest BCUT2D eigenvalue weighted by molar-refractivity contribution is -0.384. The smallest absolute Gasteiger partial charge is 0.293 e. The largest absolute Gasteiger partial charge is 0.454 e. The Balaban J connectivity index is 1.90. The molecule has 0 fully saturated rings. The summed E-state index contributed by atoms with van der Waals surface area (Å²) in [6.45, 7) is 1.99. The van der Waals surface area contributed by atoms with Gasteiger partial charge in [-0.05, 0) is 43.8 Å². The van der Waals surface area contributed by atoms with Crippen molar-refractivity contribution >= 4 is 21.4 Å². The van der Waals surface area contributed by atoms with E-state index in [1.807, 2.05) is 13.0 Å². The van der Waals surface area contributed by atoms with Crippen LogP contribution in [0.15, 0.2) is 41.3 Å². The third kappa shape index (κ3) is 3.41. The fourth-order valence-electron chi connectivity index (χ4n) is 2.57. The zero-order valence-electron chi connectivity index (χ0n) is 14.1. The van der Waals surface area contributed by atoms with Crippen molar-refractivity contribution in [1.29, 1.82) is 0 Å². The van der Waals surface area contributed by atoms with E-state index in [0.717, 1.165) is 11.6 Å². The highest BCUT2D eigenvalue weighted by molar-refractivity contribution is 7.89. The topological polar surface area (TPSA) is 120 Å². The molecule has 0 bridgehead atoms. The lowest BCUT2D eigenvalue weighted by atomic mass is 10.1. The number of nitrogens with zero attached hydrogens (tertiary/aromatic N) is 1. The zero-order valence-corrected chi connectivity index (χ0v) is 14.9. The van der Waals surface area contributed by atoms with Gasteiger partial charge in [0.25, 0.3) is 5.69 Å². The molecule has 0 radical (unpaired) electrons. The van der Waals surface area contributed by atoms with E-state index in [1.165, 1.54) is 19.2 Å². The molecule has 1 heterocycles. The number of nitro benzene ring substituents is 1. The van der Waals surface area contributed by atoms with Gasteiger partial charge >= 0.3 is 0 Å². The van der Waals surface area contributed by atoms with E-state index in [1.54, 1.807) is 12.1 Å². The molecule has 0 spiro atoms. The van der Waals surface area contributed by atoms with Crippen LogP contribution >= 0.6 is 0 Å². The monoisotopic (exact) mass is 379 g/mol. The number of benzene rings is 2. The molecule has 0 saturated carbocycles. The highest BCUT2D eigenvalue weighted by atomic mass is 32.2. The van der Waals surface area contributed by atoms with Crippen LogP contribution in [0.2, 0.25) is 0 Å². The number of nitrogens with one attached hydrogen (secondary N) is 2. The maximum atomic E-state index is 11.9. The molecule has 10 heteroatoms. The van der Waals surface area contributed by atoms with Crippen molar-refractivity contribution in [3.05, 3.63) is 52.1 Å². The summed E-state index contributed by atoms with van der Waals surface area (Å²) in [6.07, 6.45) is 0. The minimum absolute atomic E-state index is 0.160. The van der Waals surface area contributed by atoms with Gasteiger partial charge in [-0.2, -0.15) is 0 Å². The van der Waals surface area contributed by atoms with Crippen molar-refractivity contribution in [2.75, 3.05) is 19.2 Å². The van der Waals surface area contributed by atoms with Crippen molar-refractivity contribution in [2.24, 2.45) is 0 Å². The predicted octanol–water partition coefficient (Wildman–Crippen LogP) is 2.40. The Kier molecular flexibility index (Phi) is 4.70. The molecule has 0 saturated heterocycles. The summed E-state index contributed by atoms with van der Waals surface area (Å²) in [4.78, 5) is 10.6. The van der Waals surface area contributed by atoms with E-state index in [0.29, 0.717) is 11.5 Å². The normalized spacial score (nSPS) is 14.1. The summed E-state index contributed by atoms with van der Waals surface area (Å²) in [7, 11) is -2.53. The van der Waals surface area contributed by atoms with Gasteiger partial charge in [-0.3, -0.25) is 10.1 Å². The van der Waals surface area contributed by atoms with E-state index >= 15 is 0 Å². The van der Waals surface area contributed by atoms with Gasteiger partial charge < -0.3 is 14.8 Å². The molecule has 2 N–H and O–H groups in total. The van der Waals surface area contributed by atoms with Crippen LogP contribution in [0.25, 0.3) is 0 Å². The molecule has 1 atom stereocenters. The third-order valence-electron chi connectivity index (χ3n) is 4.01. The summed E-state index contributed by atoms with van der Waals surface area (Å²) in [6, 6.07) is 8.84. The molecule has 26 heavy (non-hydrogen) atoms. The first-order valence-corrected chi connectivity index (χ1v) is 9.18. The van der Waals surface area contributed by atoms with Gasteiger partial charge in [0, 0.05) is 12.1 Å². The Morgan fingerprint density at radius 3 is 2.58 bits per heavy atom. The number of hydrogen-bond acceptors (Lipinski definition) is 7. The predicted molar refractivity (Wildman–Crippen MR) is 93.9 cm³/mol. The fraction of sp³-hybridized carbons (Fsp3) is 0.250. The van der Waals surface area contributed by atoms with Crippen molar-refractivity contribution in [3.63, 3.8) is 0 Å². The van der Waals surface area contributed by atoms with Crippen molar-refractivity contribution < 1.29 is 22.8 Å². The van der Waals surface area contributed by atoms with Crippen LogP contribution in [-0.4, -0.2) is 27.2 Å². The number of fused-ring (bicyclic) bond motifs is 1. The Hall–Kier alpha value is -2.85. The van der Waals surface area contributed by atoms with Gasteiger partial charge in [0.1, 0.15) is 5.69 Å². The Morgan fingerprint density at radius 2 is 1.88 bits per heavy atom. The van der Waals surface area contributed by atoms with Crippen LogP contribution in [0.3, 0.4) is 0 Å². The van der Waals surface area contributed by atoms with E-state index in [2.05, 4.69) is 10.0 Å². The lowest BCUT2D eigenvalue weighted by Gasteiger charge is -2.16. The lowest BCUT2D eigenvalue weighted by Crippen LogP contribution is -2.19. The molecule has 0 aliphatic carbocycles. The minimum atomic E-state index is -3.77. The summed E-state index contributed by atoms with van der Waals surface area (Å²) in [5.41, 5.74) is 0.736. The summed E-state index contributed by atoms with van der Waals surface area (Å²) >= 11 is 0. The number of sulfonamides is 1. The van der Waals surface area contributed by atoms with Crippen molar-refractivity contribution in [3.8, 4) is 11.5 Å². The van der Waals surface area contributed by atoms with Gasteiger partial charge in [-0.1, -0.05) is 6.07 Å². The van der Waals surface area contributed by atoms with Gasteiger partial charge in [0.2, 0.25) is 16.8 Å². The summed E-state index contributed by atoms with van der Waals surface area (Å²) < 4.78 is 36.5. The van der Waals surface area contributed by atoms with E-state index in [-0.39, 0.29) is 29.1 Å². The Bertz CT molecular complexity index is 960. The molecule has 138 valence electrons. The van der Waals surface area contributed by atoms with Crippen LogP contribution in [0.4, 0.5) is 11.4 Å². The number of anilines is 1. The molecule has 1 aliphatic heterocycles. The summed E-state index contributed by atoms with van der Waals surface area (Å²) in [5.74, 6) is 1.26. The summed E-state index contributed by atoms with van der Waals surface area (Å²) in [5, 5.41) is 14.4.